The van der Waals surface area contributed by atoms with Gasteiger partial charge in [0, 0.05) is 12.8 Å². The summed E-state index contributed by atoms with van der Waals surface area (Å²) in [4.78, 5) is 45.5. The summed E-state index contributed by atoms with van der Waals surface area (Å²) in [6, 6.07) is -1.55. The summed E-state index contributed by atoms with van der Waals surface area (Å²) in [6.07, 6.45) is 29.1. The fourth-order valence-electron chi connectivity index (χ4n) is 4.35. The van der Waals surface area contributed by atoms with E-state index in [0.717, 1.165) is 89.9 Å². The number of amides is 1. The zero-order valence-electron chi connectivity index (χ0n) is 28.8. The molecule has 0 heterocycles. The second kappa shape index (κ2) is 31.0. The van der Waals surface area contributed by atoms with E-state index in [4.69, 9.17) is 13.8 Å². The molecule has 47 heavy (non-hydrogen) atoms. The first-order valence-electron chi connectivity index (χ1n) is 17.5. The number of phosphoric acid groups is 1. The van der Waals surface area contributed by atoms with Gasteiger partial charge < -0.3 is 25.2 Å². The van der Waals surface area contributed by atoms with Crippen molar-refractivity contribution in [2.24, 2.45) is 0 Å². The average Bonchev–Trinajstić information content (AvgIpc) is 3.04. The van der Waals surface area contributed by atoms with Crippen molar-refractivity contribution in [3.63, 3.8) is 0 Å². The maximum absolute atomic E-state index is 12.2. The van der Waals surface area contributed by atoms with E-state index in [-0.39, 0.29) is 12.8 Å². The lowest BCUT2D eigenvalue weighted by molar-refractivity contribution is -0.147. The largest absolute Gasteiger partial charge is 0.480 e. The molecule has 0 radical (unpaired) electrons. The van der Waals surface area contributed by atoms with Crippen LogP contribution in [0.25, 0.3) is 0 Å². The van der Waals surface area contributed by atoms with E-state index in [0.29, 0.717) is 12.8 Å². The minimum Gasteiger partial charge on any atom is -0.480 e. The summed E-state index contributed by atoms with van der Waals surface area (Å²) in [5.74, 6) is -2.41. The highest BCUT2D eigenvalue weighted by atomic mass is 31.2. The molecule has 0 bridgehead atoms. The van der Waals surface area contributed by atoms with E-state index >= 15 is 0 Å². The van der Waals surface area contributed by atoms with Gasteiger partial charge in [-0.05, 0) is 57.8 Å². The fourth-order valence-corrected chi connectivity index (χ4v) is 5.12. The molecule has 4 N–H and O–H groups in total. The zero-order valence-corrected chi connectivity index (χ0v) is 29.7. The first-order chi connectivity index (χ1) is 22.6. The first-order valence-corrected chi connectivity index (χ1v) is 19.0. The Bertz CT molecular complexity index is 953. The number of carbonyl (C=O) groups is 3. The van der Waals surface area contributed by atoms with E-state index in [1.54, 1.807) is 0 Å². The molecule has 1 amide bonds. The minimum atomic E-state index is -4.75. The fraction of sp³-hybridized carbons (Fsp3) is 0.743. The molecule has 0 fully saturated rings. The Morgan fingerprint density at radius 3 is 1.77 bits per heavy atom. The molecular weight excluding hydrogens is 625 g/mol. The van der Waals surface area contributed by atoms with Crippen LogP contribution >= 0.6 is 7.82 Å². The van der Waals surface area contributed by atoms with Gasteiger partial charge in [-0.15, -0.1) is 0 Å². The number of unbranched alkanes of at least 4 members (excludes halogenated alkanes) is 12. The van der Waals surface area contributed by atoms with Crippen LogP contribution in [0.5, 0.6) is 0 Å². The lowest BCUT2D eigenvalue weighted by Crippen LogP contribution is -2.43. The van der Waals surface area contributed by atoms with Crippen molar-refractivity contribution in [3.8, 4) is 0 Å². The number of ether oxygens (including phenoxy) is 1. The summed E-state index contributed by atoms with van der Waals surface area (Å²) in [6.45, 7) is 2.39. The predicted molar refractivity (Wildman–Crippen MR) is 185 cm³/mol. The number of phosphoric ester groups is 1. The van der Waals surface area contributed by atoms with Crippen molar-refractivity contribution in [3.05, 3.63) is 36.5 Å². The number of hydrogen-bond donors (Lipinski definition) is 4. The summed E-state index contributed by atoms with van der Waals surface area (Å²) >= 11 is 0. The van der Waals surface area contributed by atoms with Crippen LogP contribution < -0.4 is 5.32 Å². The number of nitrogens with one attached hydrogen (secondary N) is 1. The van der Waals surface area contributed by atoms with Gasteiger partial charge in [-0.2, -0.15) is 0 Å². The van der Waals surface area contributed by atoms with Crippen LogP contribution in [0.3, 0.4) is 0 Å². The Balaban J connectivity index is 4.03. The maximum atomic E-state index is 12.2. The van der Waals surface area contributed by atoms with E-state index < -0.39 is 57.6 Å². The van der Waals surface area contributed by atoms with Crippen molar-refractivity contribution >= 4 is 25.7 Å². The Hall–Kier alpha value is -2.30. The standard InChI is InChI=1S/C35H62NO10P/c1-3-5-7-9-11-13-15-16-17-19-21-23-25-27-34(39)44-28-31(37)29-45-47(42,43)46-30-32(35(40)41)36-33(38)26-24-22-20-18-14-12-10-8-6-4-2/h7-10,13,15,31-32,37H,3-6,11-12,14,16-30H2,1-2H3,(H,36,38)(H,40,41)(H,42,43)/b9-7-,10-8-,15-13-. The molecule has 11 nitrogen and oxygen atoms in total. The van der Waals surface area contributed by atoms with Gasteiger partial charge in [-0.3, -0.25) is 18.6 Å². The highest BCUT2D eigenvalue weighted by Crippen LogP contribution is 2.43. The smallest absolute Gasteiger partial charge is 0.472 e. The molecule has 0 aliphatic rings. The number of aliphatic hydroxyl groups is 1. The lowest BCUT2D eigenvalue weighted by atomic mass is 10.1. The number of esters is 1. The second-order valence-electron chi connectivity index (χ2n) is 11.7. The Kier molecular flexibility index (Phi) is 29.5. The van der Waals surface area contributed by atoms with Gasteiger partial charge in [0.1, 0.15) is 12.7 Å². The van der Waals surface area contributed by atoms with Crippen molar-refractivity contribution in [1.29, 1.82) is 0 Å². The van der Waals surface area contributed by atoms with Gasteiger partial charge in [-0.1, -0.05) is 102 Å². The maximum Gasteiger partial charge on any atom is 0.472 e. The molecular formula is C35H62NO10P. The number of rotatable bonds is 32. The van der Waals surface area contributed by atoms with Crippen LogP contribution in [0.1, 0.15) is 136 Å². The molecule has 0 spiro atoms. The third-order valence-corrected chi connectivity index (χ3v) is 8.06. The predicted octanol–water partition coefficient (Wildman–Crippen LogP) is 7.71. The van der Waals surface area contributed by atoms with E-state index in [1.807, 2.05) is 0 Å². The Morgan fingerprint density at radius 2 is 1.17 bits per heavy atom. The summed E-state index contributed by atoms with van der Waals surface area (Å²) in [7, 11) is -4.75. The molecule has 0 saturated carbocycles. The lowest BCUT2D eigenvalue weighted by Gasteiger charge is -2.18. The third kappa shape index (κ3) is 30.8. The van der Waals surface area contributed by atoms with E-state index in [9.17, 15) is 34.1 Å². The monoisotopic (exact) mass is 687 g/mol. The number of allylic oxidation sites excluding steroid dienone is 6. The molecule has 0 aromatic heterocycles. The van der Waals surface area contributed by atoms with Crippen LogP contribution in [0.15, 0.2) is 36.5 Å². The number of aliphatic hydroxyl groups excluding tert-OH is 1. The SMILES string of the molecule is CCC/C=C\C/C=C\CCCCCCCC(=O)OCC(O)COP(=O)(O)OCC(NC(=O)CCCCCCC/C=C\CCC)C(=O)O. The highest BCUT2D eigenvalue weighted by molar-refractivity contribution is 7.47. The van der Waals surface area contributed by atoms with Crippen LogP contribution in [0.2, 0.25) is 0 Å². The summed E-state index contributed by atoms with van der Waals surface area (Å²) < 4.78 is 26.6. The molecule has 3 atom stereocenters. The molecule has 12 heteroatoms. The molecule has 272 valence electrons. The van der Waals surface area contributed by atoms with Crippen LogP contribution in [-0.2, 0) is 32.7 Å². The van der Waals surface area contributed by atoms with Gasteiger partial charge in [0.2, 0.25) is 5.91 Å². The summed E-state index contributed by atoms with van der Waals surface area (Å²) in [5.41, 5.74) is 0. The van der Waals surface area contributed by atoms with Gasteiger partial charge in [0.25, 0.3) is 0 Å². The molecule has 0 rings (SSSR count). The molecule has 0 aliphatic heterocycles. The van der Waals surface area contributed by atoms with Gasteiger partial charge in [0.15, 0.2) is 6.04 Å². The highest BCUT2D eigenvalue weighted by Gasteiger charge is 2.28. The molecule has 0 saturated heterocycles. The van der Waals surface area contributed by atoms with E-state index in [2.05, 4.69) is 55.6 Å². The zero-order chi connectivity index (χ0) is 35.0. The number of hydrogen-bond acceptors (Lipinski definition) is 8. The Morgan fingerprint density at radius 1 is 0.681 bits per heavy atom. The van der Waals surface area contributed by atoms with E-state index in [1.165, 1.54) is 6.42 Å². The number of carboxylic acid groups (broad SMARTS) is 1. The average molecular weight is 688 g/mol. The van der Waals surface area contributed by atoms with Crippen molar-refractivity contribution in [2.75, 3.05) is 19.8 Å². The van der Waals surface area contributed by atoms with Gasteiger partial charge in [-0.25, -0.2) is 9.36 Å². The molecule has 0 aliphatic carbocycles. The van der Waals surface area contributed by atoms with Gasteiger partial charge in [0.05, 0.1) is 13.2 Å². The van der Waals surface area contributed by atoms with Crippen LogP contribution in [0, 0.1) is 0 Å². The van der Waals surface area contributed by atoms with Crippen LogP contribution in [-0.4, -0.2) is 64.9 Å². The summed E-state index contributed by atoms with van der Waals surface area (Å²) in [5, 5.41) is 21.6. The third-order valence-electron chi connectivity index (χ3n) is 7.11. The minimum absolute atomic E-state index is 0.133. The number of aliphatic carboxylic acids is 1. The molecule has 3 unspecified atom stereocenters. The topological polar surface area (TPSA) is 169 Å². The van der Waals surface area contributed by atoms with Crippen molar-refractivity contribution in [2.45, 2.75) is 148 Å². The van der Waals surface area contributed by atoms with Crippen molar-refractivity contribution in [1.82, 2.24) is 5.32 Å². The Labute approximate surface area is 282 Å². The normalized spacial score (nSPS) is 14.5. The quantitative estimate of drug-likeness (QED) is 0.0238. The van der Waals surface area contributed by atoms with Crippen molar-refractivity contribution < 1.29 is 47.8 Å². The second-order valence-corrected chi connectivity index (χ2v) is 13.1. The van der Waals surface area contributed by atoms with Gasteiger partial charge >= 0.3 is 19.8 Å². The van der Waals surface area contributed by atoms with Crippen LogP contribution in [0.4, 0.5) is 0 Å². The number of carbonyl (C=O) groups excluding carboxylic acids is 2. The molecule has 0 aromatic carbocycles. The number of carboxylic acids is 1. The first kappa shape index (κ1) is 44.7. The molecule has 0 aromatic rings.